The van der Waals surface area contributed by atoms with Crippen LogP contribution in [0, 0.1) is 10.8 Å². The quantitative estimate of drug-likeness (QED) is 0.522. The van der Waals surface area contributed by atoms with E-state index >= 15 is 0 Å². The Morgan fingerprint density at radius 1 is 0.742 bits per heavy atom. The molecule has 6 nitrogen and oxygen atoms in total. The van der Waals surface area contributed by atoms with E-state index in [0.29, 0.717) is 24.3 Å². The van der Waals surface area contributed by atoms with Crippen molar-refractivity contribution in [2.45, 2.75) is 53.4 Å². The molecule has 0 saturated carbocycles. The lowest BCUT2D eigenvalue weighted by molar-refractivity contribution is 0.303. The Bertz CT molecular complexity index is 1020. The van der Waals surface area contributed by atoms with E-state index in [1.54, 1.807) is 0 Å². The molecule has 4 rings (SSSR count). The molecular formula is C25H32N4O2. The van der Waals surface area contributed by atoms with Crippen LogP contribution in [-0.4, -0.2) is 40.9 Å². The van der Waals surface area contributed by atoms with Gasteiger partial charge in [0.05, 0.1) is 22.8 Å². The molecule has 1 heterocycles. The minimum atomic E-state index is -0.0417. The number of benzene rings is 1. The van der Waals surface area contributed by atoms with Gasteiger partial charge in [0.2, 0.25) is 0 Å². The molecule has 2 N–H and O–H groups in total. The maximum absolute atomic E-state index is 9.94. The number of anilines is 1. The average Bonchev–Trinajstić information content (AvgIpc) is 2.69. The van der Waals surface area contributed by atoms with E-state index in [4.69, 9.17) is 4.98 Å². The third-order valence-electron chi connectivity index (χ3n) is 6.42. The molecule has 0 amide bonds. The second-order valence-electron chi connectivity index (χ2n) is 10.7. The van der Waals surface area contributed by atoms with Crippen molar-refractivity contribution in [3.8, 4) is 11.1 Å². The predicted molar refractivity (Wildman–Crippen MR) is 125 cm³/mol. The van der Waals surface area contributed by atoms with Crippen LogP contribution in [0.3, 0.4) is 0 Å². The Labute approximate surface area is 184 Å². The number of hydrogen-bond donors (Lipinski definition) is 2. The normalized spacial score (nSPS) is 21.6. The number of nitrogens with zero attached hydrogens (tertiary/aromatic N) is 4. The highest BCUT2D eigenvalue weighted by atomic mass is 16.4. The molecule has 31 heavy (non-hydrogen) atoms. The summed E-state index contributed by atoms with van der Waals surface area (Å²) in [6.45, 7) is 8.72. The lowest BCUT2D eigenvalue weighted by Gasteiger charge is -2.37. The van der Waals surface area contributed by atoms with Gasteiger partial charge in [0.15, 0.2) is 0 Å². The Morgan fingerprint density at radius 3 is 1.58 bits per heavy atom. The molecule has 1 aromatic carbocycles. The summed E-state index contributed by atoms with van der Waals surface area (Å²) in [6, 6.07) is 8.35. The molecule has 2 aliphatic rings. The van der Waals surface area contributed by atoms with Crippen LogP contribution in [0.5, 0.6) is 0 Å². The van der Waals surface area contributed by atoms with Crippen LogP contribution >= 0.6 is 0 Å². The molecule has 0 saturated heterocycles. The first-order valence-electron chi connectivity index (χ1n) is 10.8. The minimum absolute atomic E-state index is 0.0417. The van der Waals surface area contributed by atoms with Gasteiger partial charge in [-0.05, 0) is 54.2 Å². The molecular weight excluding hydrogens is 388 g/mol. The van der Waals surface area contributed by atoms with Crippen LogP contribution < -0.4 is 4.90 Å². The fourth-order valence-corrected chi connectivity index (χ4v) is 5.07. The van der Waals surface area contributed by atoms with Gasteiger partial charge in [0.25, 0.3) is 0 Å². The maximum atomic E-state index is 9.94. The van der Waals surface area contributed by atoms with Crippen LogP contribution in [0.4, 0.5) is 5.69 Å². The van der Waals surface area contributed by atoms with E-state index in [9.17, 15) is 10.4 Å². The Hall–Kier alpha value is -2.89. The van der Waals surface area contributed by atoms with Crippen LogP contribution in [0.25, 0.3) is 11.1 Å². The molecule has 2 aromatic rings. The molecule has 0 bridgehead atoms. The van der Waals surface area contributed by atoms with Crippen molar-refractivity contribution in [2.75, 3.05) is 19.0 Å². The summed E-state index contributed by atoms with van der Waals surface area (Å²) >= 11 is 0. The van der Waals surface area contributed by atoms with E-state index in [1.165, 1.54) is 0 Å². The van der Waals surface area contributed by atoms with Crippen molar-refractivity contribution >= 4 is 17.1 Å². The first kappa shape index (κ1) is 21.3. The van der Waals surface area contributed by atoms with E-state index in [2.05, 4.69) is 67.2 Å². The van der Waals surface area contributed by atoms with Crippen molar-refractivity contribution in [2.24, 2.45) is 21.1 Å². The predicted octanol–water partition coefficient (Wildman–Crippen LogP) is 5.12. The summed E-state index contributed by atoms with van der Waals surface area (Å²) in [4.78, 5) is 7.14. The van der Waals surface area contributed by atoms with Crippen molar-refractivity contribution in [3.05, 3.63) is 46.8 Å². The number of oxime groups is 2. The van der Waals surface area contributed by atoms with E-state index in [1.807, 2.05) is 14.1 Å². The van der Waals surface area contributed by atoms with Gasteiger partial charge in [-0.25, -0.2) is 0 Å². The maximum Gasteiger partial charge on any atom is 0.0898 e. The SMILES string of the molecule is CN(C)c1ccc(-c2c3c(nc4c2/C(=N/O)CC(C)(C)C4)CC(C)(C)C/C3=N\O)cc1. The molecule has 0 fully saturated rings. The minimum Gasteiger partial charge on any atom is -0.411 e. The molecule has 1 aromatic heterocycles. The monoisotopic (exact) mass is 420 g/mol. The Morgan fingerprint density at radius 2 is 1.19 bits per heavy atom. The van der Waals surface area contributed by atoms with Gasteiger partial charge in [-0.1, -0.05) is 50.1 Å². The molecule has 0 atom stereocenters. The van der Waals surface area contributed by atoms with Gasteiger partial charge in [-0.3, -0.25) is 4.98 Å². The van der Waals surface area contributed by atoms with Crippen molar-refractivity contribution in [1.29, 1.82) is 0 Å². The van der Waals surface area contributed by atoms with Gasteiger partial charge in [-0.2, -0.15) is 0 Å². The second-order valence-corrected chi connectivity index (χ2v) is 10.7. The summed E-state index contributed by atoms with van der Waals surface area (Å²) in [7, 11) is 4.03. The fraction of sp³-hybridized carbons (Fsp3) is 0.480. The van der Waals surface area contributed by atoms with E-state index in [0.717, 1.165) is 52.2 Å². The number of hydrogen-bond acceptors (Lipinski definition) is 6. The standard InChI is InChI=1S/C25H32N4O2/c1-24(2)11-17-22(19(13-24)27-30)21(15-7-9-16(10-8-15)29(5)6)23-18(26-17)12-25(3,4)14-20(23)28-31/h7-10,30-31H,11-14H2,1-6H3/b27-19+,28-20+. The number of pyridine rings is 1. The molecule has 0 unspecified atom stereocenters. The van der Waals surface area contributed by atoms with Gasteiger partial charge < -0.3 is 15.3 Å². The largest absolute Gasteiger partial charge is 0.411 e. The number of aromatic nitrogens is 1. The molecule has 2 aliphatic carbocycles. The molecule has 0 radical (unpaired) electrons. The van der Waals surface area contributed by atoms with Crippen LogP contribution in [0.2, 0.25) is 0 Å². The van der Waals surface area contributed by atoms with Crippen LogP contribution in [-0.2, 0) is 12.8 Å². The third-order valence-corrected chi connectivity index (χ3v) is 6.42. The second kappa shape index (κ2) is 7.36. The summed E-state index contributed by atoms with van der Waals surface area (Å²) in [6.07, 6.45) is 2.95. The smallest absolute Gasteiger partial charge is 0.0898 e. The van der Waals surface area contributed by atoms with Gasteiger partial charge in [-0.15, -0.1) is 0 Å². The van der Waals surface area contributed by atoms with Crippen LogP contribution in [0.1, 0.15) is 63.1 Å². The number of fused-ring (bicyclic) bond motifs is 2. The molecule has 0 aliphatic heterocycles. The lowest BCUT2D eigenvalue weighted by atomic mass is 9.69. The molecule has 0 spiro atoms. The van der Waals surface area contributed by atoms with Gasteiger partial charge >= 0.3 is 0 Å². The van der Waals surface area contributed by atoms with Crippen LogP contribution in [0.15, 0.2) is 34.6 Å². The van der Waals surface area contributed by atoms with Crippen molar-refractivity contribution < 1.29 is 10.4 Å². The average molecular weight is 421 g/mol. The third kappa shape index (κ3) is 3.80. The van der Waals surface area contributed by atoms with Gasteiger partial charge in [0, 0.05) is 36.5 Å². The zero-order chi connectivity index (χ0) is 22.6. The zero-order valence-corrected chi connectivity index (χ0v) is 19.3. The topological polar surface area (TPSA) is 81.3 Å². The highest BCUT2D eigenvalue weighted by molar-refractivity contribution is 6.15. The van der Waals surface area contributed by atoms with Crippen molar-refractivity contribution in [3.63, 3.8) is 0 Å². The zero-order valence-electron chi connectivity index (χ0n) is 19.3. The summed E-state index contributed by atoms with van der Waals surface area (Å²) in [5.41, 5.74) is 8.01. The van der Waals surface area contributed by atoms with E-state index in [-0.39, 0.29) is 10.8 Å². The number of rotatable bonds is 2. The summed E-state index contributed by atoms with van der Waals surface area (Å²) in [5, 5.41) is 27.3. The first-order chi connectivity index (χ1) is 14.5. The first-order valence-corrected chi connectivity index (χ1v) is 10.8. The molecule has 6 heteroatoms. The Balaban J connectivity index is 2.06. The highest BCUT2D eigenvalue weighted by Gasteiger charge is 2.39. The van der Waals surface area contributed by atoms with Crippen molar-refractivity contribution in [1.82, 2.24) is 4.98 Å². The molecule has 164 valence electrons. The Kier molecular flexibility index (Phi) is 5.07. The van der Waals surface area contributed by atoms with E-state index < -0.39 is 0 Å². The fourth-order valence-electron chi connectivity index (χ4n) is 5.07. The summed E-state index contributed by atoms with van der Waals surface area (Å²) < 4.78 is 0. The lowest BCUT2D eigenvalue weighted by Crippen LogP contribution is -2.34. The highest BCUT2D eigenvalue weighted by Crippen LogP contribution is 2.45. The van der Waals surface area contributed by atoms with Gasteiger partial charge in [0.1, 0.15) is 0 Å². The summed E-state index contributed by atoms with van der Waals surface area (Å²) in [5.74, 6) is 0.